The Labute approximate surface area is 104 Å². The molecule has 0 radical (unpaired) electrons. The highest BCUT2D eigenvalue weighted by molar-refractivity contribution is 7.97. The van der Waals surface area contributed by atoms with Gasteiger partial charge in [-0.15, -0.1) is 0 Å². The van der Waals surface area contributed by atoms with Crippen LogP contribution in [0.5, 0.6) is 0 Å². The Hall–Kier alpha value is -0.920. The van der Waals surface area contributed by atoms with Gasteiger partial charge in [-0.25, -0.2) is 14.4 Å². The molecule has 3 N–H and O–H groups in total. The summed E-state index contributed by atoms with van der Waals surface area (Å²) in [6, 6.07) is 0. The number of rotatable bonds is 2. The third-order valence-corrected chi connectivity index (χ3v) is 3.23. The quantitative estimate of drug-likeness (QED) is 0.766. The summed E-state index contributed by atoms with van der Waals surface area (Å²) in [6.07, 6.45) is 4.59. The van der Waals surface area contributed by atoms with Gasteiger partial charge in [0.15, 0.2) is 5.82 Å². The summed E-state index contributed by atoms with van der Waals surface area (Å²) in [5.41, 5.74) is 0. The molecule has 7 heteroatoms. The number of piperidine rings is 1. The zero-order valence-corrected chi connectivity index (χ0v) is 10.5. The number of nitrogens with zero attached hydrogens (tertiary/aromatic N) is 3. The van der Waals surface area contributed by atoms with E-state index >= 15 is 0 Å². The monoisotopic (exact) mass is 260 g/mol. The number of aromatic nitrogens is 2. The van der Waals surface area contributed by atoms with Gasteiger partial charge in [-0.3, -0.25) is 5.14 Å². The van der Waals surface area contributed by atoms with Crippen LogP contribution in [0.15, 0.2) is 12.4 Å². The molecular weight excluding hydrogens is 243 g/mol. The summed E-state index contributed by atoms with van der Waals surface area (Å²) >= 11 is 1.38. The van der Waals surface area contributed by atoms with Gasteiger partial charge in [0.05, 0.1) is 12.4 Å². The number of hydrogen-bond donors (Lipinski definition) is 2. The minimum atomic E-state index is -0.402. The van der Waals surface area contributed by atoms with Crippen LogP contribution in [-0.4, -0.2) is 40.5 Å². The first kappa shape index (κ1) is 14.1. The first-order chi connectivity index (χ1) is 8.29. The maximum Gasteiger partial charge on any atom is 0.225 e. The summed E-state index contributed by atoms with van der Waals surface area (Å²) in [4.78, 5) is 9.97. The average molecular weight is 260 g/mol. The molecule has 0 aliphatic carbocycles. The van der Waals surface area contributed by atoms with E-state index in [1.807, 2.05) is 4.90 Å². The van der Waals surface area contributed by atoms with E-state index in [1.165, 1.54) is 24.3 Å². The van der Waals surface area contributed by atoms with Crippen LogP contribution in [0.25, 0.3) is 0 Å². The first-order valence-corrected chi connectivity index (χ1v) is 6.26. The molecule has 0 spiro atoms. The predicted molar refractivity (Wildman–Crippen MR) is 67.1 cm³/mol. The summed E-state index contributed by atoms with van der Waals surface area (Å²) in [7, 11) is 1.00. The van der Waals surface area contributed by atoms with Gasteiger partial charge in [0, 0.05) is 25.4 Å². The molecule has 1 aromatic rings. The molecule has 1 aliphatic rings. The van der Waals surface area contributed by atoms with Crippen molar-refractivity contribution >= 4 is 17.9 Å². The van der Waals surface area contributed by atoms with Crippen molar-refractivity contribution in [2.75, 3.05) is 25.1 Å². The van der Waals surface area contributed by atoms with Crippen LogP contribution < -0.4 is 10.0 Å². The normalized spacial score (nSPS) is 19.5. The zero-order valence-electron chi connectivity index (χ0n) is 9.71. The number of hydrogen-bond acceptors (Lipinski definition) is 6. The maximum absolute atomic E-state index is 12.6. The lowest BCUT2D eigenvalue weighted by Crippen LogP contribution is -2.38. The fourth-order valence-electron chi connectivity index (χ4n) is 1.70. The van der Waals surface area contributed by atoms with Crippen LogP contribution in [0, 0.1) is 5.82 Å². The minimum absolute atomic E-state index is 0.402. The van der Waals surface area contributed by atoms with Crippen molar-refractivity contribution in [3.63, 3.8) is 0 Å². The SMILES string of the molecule is CO.NSC1CCCN(c2ncc(F)cn2)C1. The Morgan fingerprint density at radius 3 is 2.71 bits per heavy atom. The molecule has 1 saturated heterocycles. The molecule has 0 amide bonds. The lowest BCUT2D eigenvalue weighted by molar-refractivity contribution is 0.399. The molecule has 1 atom stereocenters. The van der Waals surface area contributed by atoms with Gasteiger partial charge in [-0.1, -0.05) is 11.9 Å². The van der Waals surface area contributed by atoms with Gasteiger partial charge in [0.1, 0.15) is 0 Å². The predicted octanol–water partition coefficient (Wildman–Crippen LogP) is 0.800. The molecule has 0 aromatic carbocycles. The minimum Gasteiger partial charge on any atom is -0.400 e. The molecule has 0 saturated carbocycles. The second-order valence-electron chi connectivity index (χ2n) is 3.55. The highest BCUT2D eigenvalue weighted by Gasteiger charge is 2.21. The van der Waals surface area contributed by atoms with Crippen molar-refractivity contribution in [1.29, 1.82) is 0 Å². The highest BCUT2D eigenvalue weighted by atomic mass is 32.2. The molecule has 0 bridgehead atoms. The van der Waals surface area contributed by atoms with E-state index in [4.69, 9.17) is 10.2 Å². The molecule has 96 valence electrons. The number of aliphatic hydroxyl groups is 1. The first-order valence-electron chi connectivity index (χ1n) is 5.32. The third-order valence-electron chi connectivity index (χ3n) is 2.46. The largest absolute Gasteiger partial charge is 0.400 e. The van der Waals surface area contributed by atoms with Crippen molar-refractivity contribution in [2.45, 2.75) is 18.1 Å². The fraction of sp³-hybridized carbons (Fsp3) is 0.600. The van der Waals surface area contributed by atoms with E-state index < -0.39 is 5.82 Å². The van der Waals surface area contributed by atoms with Gasteiger partial charge in [0.25, 0.3) is 0 Å². The van der Waals surface area contributed by atoms with E-state index in [1.54, 1.807) is 0 Å². The second kappa shape index (κ2) is 7.41. The summed E-state index contributed by atoms with van der Waals surface area (Å²) in [6.45, 7) is 1.76. The standard InChI is InChI=1S/C9H13FN4S.CH4O/c10-7-4-12-9(13-5-7)14-3-1-2-8(6-14)15-11;1-2/h4-5,8H,1-3,6,11H2;2H,1H3. The van der Waals surface area contributed by atoms with Crippen LogP contribution in [0.3, 0.4) is 0 Å². The van der Waals surface area contributed by atoms with E-state index in [9.17, 15) is 4.39 Å². The van der Waals surface area contributed by atoms with Gasteiger partial charge < -0.3 is 10.0 Å². The van der Waals surface area contributed by atoms with Crippen LogP contribution in [-0.2, 0) is 0 Å². The summed E-state index contributed by atoms with van der Waals surface area (Å²) < 4.78 is 12.6. The van der Waals surface area contributed by atoms with E-state index in [-0.39, 0.29) is 0 Å². The van der Waals surface area contributed by atoms with E-state index in [0.29, 0.717) is 11.2 Å². The molecule has 5 nitrogen and oxygen atoms in total. The Balaban J connectivity index is 0.000000686. The van der Waals surface area contributed by atoms with Gasteiger partial charge in [0.2, 0.25) is 5.95 Å². The van der Waals surface area contributed by atoms with E-state index in [2.05, 4.69) is 9.97 Å². The van der Waals surface area contributed by atoms with Crippen molar-refractivity contribution in [3.05, 3.63) is 18.2 Å². The van der Waals surface area contributed by atoms with Crippen molar-refractivity contribution < 1.29 is 9.50 Å². The Morgan fingerprint density at radius 1 is 1.47 bits per heavy atom. The molecule has 1 unspecified atom stereocenters. The topological polar surface area (TPSA) is 75.3 Å². The Morgan fingerprint density at radius 2 is 2.12 bits per heavy atom. The molecular formula is C10H17FN4OS. The zero-order chi connectivity index (χ0) is 12.7. The molecule has 17 heavy (non-hydrogen) atoms. The maximum atomic E-state index is 12.6. The second-order valence-corrected chi connectivity index (χ2v) is 4.49. The van der Waals surface area contributed by atoms with Crippen LogP contribution >= 0.6 is 11.9 Å². The summed E-state index contributed by atoms with van der Waals surface area (Å²) in [5.74, 6) is 0.190. The number of anilines is 1. The van der Waals surface area contributed by atoms with E-state index in [0.717, 1.165) is 33.0 Å². The Kier molecular flexibility index (Phi) is 6.17. The van der Waals surface area contributed by atoms with Crippen molar-refractivity contribution in [3.8, 4) is 0 Å². The van der Waals surface area contributed by atoms with Gasteiger partial charge in [-0.05, 0) is 12.8 Å². The molecule has 1 aliphatic heterocycles. The smallest absolute Gasteiger partial charge is 0.225 e. The molecule has 1 fully saturated rings. The van der Waals surface area contributed by atoms with Crippen molar-refractivity contribution in [2.24, 2.45) is 5.14 Å². The van der Waals surface area contributed by atoms with Crippen LogP contribution in [0.1, 0.15) is 12.8 Å². The summed E-state index contributed by atoms with van der Waals surface area (Å²) in [5, 5.41) is 13.0. The Bertz CT molecular complexity index is 325. The third kappa shape index (κ3) is 4.10. The highest BCUT2D eigenvalue weighted by Crippen LogP contribution is 2.21. The lowest BCUT2D eigenvalue weighted by atomic mass is 10.1. The number of nitrogens with two attached hydrogens (primary N) is 1. The van der Waals surface area contributed by atoms with Crippen LogP contribution in [0.4, 0.5) is 10.3 Å². The fourth-order valence-corrected chi connectivity index (χ4v) is 2.27. The van der Waals surface area contributed by atoms with Gasteiger partial charge >= 0.3 is 0 Å². The lowest BCUT2D eigenvalue weighted by Gasteiger charge is -2.31. The molecule has 2 heterocycles. The average Bonchev–Trinajstić information content (AvgIpc) is 2.42. The van der Waals surface area contributed by atoms with Crippen LogP contribution in [0.2, 0.25) is 0 Å². The molecule has 2 rings (SSSR count). The number of aliphatic hydroxyl groups excluding tert-OH is 1. The van der Waals surface area contributed by atoms with Gasteiger partial charge in [-0.2, -0.15) is 0 Å². The van der Waals surface area contributed by atoms with Crippen molar-refractivity contribution in [1.82, 2.24) is 9.97 Å². The molecule has 1 aromatic heterocycles. The number of halogens is 1.